The molecule has 0 fully saturated rings. The molecule has 0 radical (unpaired) electrons. The van der Waals surface area contributed by atoms with Crippen LogP contribution in [-0.2, 0) is 9.84 Å². The van der Waals surface area contributed by atoms with Gasteiger partial charge < -0.3 is 0 Å². The van der Waals surface area contributed by atoms with Crippen LogP contribution in [0.3, 0.4) is 0 Å². The molecule has 5 heteroatoms. The van der Waals surface area contributed by atoms with E-state index in [0.717, 1.165) is 33.4 Å². The van der Waals surface area contributed by atoms with E-state index in [0.29, 0.717) is 5.56 Å². The van der Waals surface area contributed by atoms with E-state index >= 15 is 0 Å². The fourth-order valence-corrected chi connectivity index (χ4v) is 5.30. The Morgan fingerprint density at radius 1 is 0.475 bits per heavy atom. The second kappa shape index (κ2) is 12.1. The van der Waals surface area contributed by atoms with Crippen LogP contribution in [0.5, 0.6) is 0 Å². The van der Waals surface area contributed by atoms with Crippen LogP contribution >= 0.6 is 0 Å². The molecule has 0 heterocycles. The molecule has 0 amide bonds. The summed E-state index contributed by atoms with van der Waals surface area (Å²) in [6, 6.07) is 40.1. The number of benzene rings is 5. The molecule has 5 aromatic rings. The molecule has 5 aromatic carbocycles. The van der Waals surface area contributed by atoms with Gasteiger partial charge in [0, 0.05) is 0 Å². The molecule has 0 N–H and O–H groups in total. The Hall–Kier alpha value is -4.61. The van der Waals surface area contributed by atoms with Crippen molar-refractivity contribution >= 4 is 34.1 Å². The molecular weight excluding hydrogens is 522 g/mol. The van der Waals surface area contributed by atoms with Crippen molar-refractivity contribution in [2.45, 2.75) is 10.7 Å². The lowest BCUT2D eigenvalue weighted by atomic mass is 10.0. The Labute approximate surface area is 233 Å². The summed E-state index contributed by atoms with van der Waals surface area (Å²) >= 11 is 0. The van der Waals surface area contributed by atoms with Crippen LogP contribution in [0.4, 0.5) is 8.78 Å². The van der Waals surface area contributed by atoms with Crippen LogP contribution in [0.15, 0.2) is 132 Å². The summed E-state index contributed by atoms with van der Waals surface area (Å²) in [4.78, 5) is -0.402. The Balaban J connectivity index is 1.39. The third-order valence-corrected chi connectivity index (χ3v) is 7.97. The minimum absolute atomic E-state index is 0.205. The van der Waals surface area contributed by atoms with Crippen LogP contribution in [0.1, 0.15) is 22.3 Å². The Kier molecular flexibility index (Phi) is 8.13. The number of rotatable bonds is 8. The second-order valence-corrected chi connectivity index (χ2v) is 11.1. The van der Waals surface area contributed by atoms with Crippen molar-refractivity contribution in [3.8, 4) is 22.3 Å². The van der Waals surface area contributed by atoms with E-state index in [-0.39, 0.29) is 5.56 Å². The van der Waals surface area contributed by atoms with Crippen molar-refractivity contribution in [2.24, 2.45) is 0 Å². The van der Waals surface area contributed by atoms with E-state index in [1.54, 1.807) is 30.4 Å². The van der Waals surface area contributed by atoms with Gasteiger partial charge in [-0.05, 0) is 50.6 Å². The molecule has 0 atom stereocenters. The fraction of sp³-hybridized carbons (Fsp3) is 0.0286. The number of hydrogen-bond acceptors (Lipinski definition) is 2. The second-order valence-electron chi connectivity index (χ2n) is 9.25. The predicted octanol–water partition coefficient (Wildman–Crippen LogP) is 9.36. The van der Waals surface area contributed by atoms with Crippen molar-refractivity contribution < 1.29 is 17.2 Å². The first kappa shape index (κ1) is 27.0. The van der Waals surface area contributed by atoms with E-state index in [1.807, 2.05) is 115 Å². The summed E-state index contributed by atoms with van der Waals surface area (Å²) in [6.07, 6.45) is 6.82. The smallest absolute Gasteiger partial charge is 0.218 e. The monoisotopic (exact) mass is 548 g/mol. The van der Waals surface area contributed by atoms with Crippen molar-refractivity contribution in [3.63, 3.8) is 0 Å². The Morgan fingerprint density at radius 3 is 1.35 bits per heavy atom. The Morgan fingerprint density at radius 2 is 0.875 bits per heavy atom. The minimum Gasteiger partial charge on any atom is -0.218 e. The largest absolute Gasteiger partial charge is 0.341 e. The third kappa shape index (κ3) is 6.33. The van der Waals surface area contributed by atoms with Crippen LogP contribution in [0.2, 0.25) is 0 Å². The van der Waals surface area contributed by atoms with Gasteiger partial charge in [0.2, 0.25) is 9.84 Å². The van der Waals surface area contributed by atoms with Gasteiger partial charge >= 0.3 is 5.76 Å². The fourth-order valence-electron chi connectivity index (χ4n) is 4.35. The van der Waals surface area contributed by atoms with E-state index < -0.39 is 20.5 Å². The van der Waals surface area contributed by atoms with Crippen molar-refractivity contribution in [1.82, 2.24) is 0 Å². The standard InChI is InChI=1S/C35H26F2O2S/c36-35(37)40(38,39)34-25-28(12-11-26-13-19-31(20-14-26)29-7-3-1-4-8-29)18-24-33(34)23-17-27-15-21-32(22-16-27)30-9-5-2-6-10-30/h1-25,35H. The summed E-state index contributed by atoms with van der Waals surface area (Å²) in [5.41, 5.74) is 6.75. The molecule has 198 valence electrons. The highest BCUT2D eigenvalue weighted by Crippen LogP contribution is 2.27. The molecule has 0 aliphatic heterocycles. The van der Waals surface area contributed by atoms with E-state index in [9.17, 15) is 17.2 Å². The number of hydrogen-bond donors (Lipinski definition) is 0. The van der Waals surface area contributed by atoms with Gasteiger partial charge in [0.05, 0.1) is 4.90 Å². The first-order valence-corrected chi connectivity index (χ1v) is 14.3. The minimum atomic E-state index is -4.81. The number of halogens is 2. The average molecular weight is 549 g/mol. The zero-order valence-electron chi connectivity index (χ0n) is 21.5. The molecule has 40 heavy (non-hydrogen) atoms. The maximum absolute atomic E-state index is 13.6. The molecule has 0 aliphatic carbocycles. The van der Waals surface area contributed by atoms with Gasteiger partial charge in [0.1, 0.15) is 0 Å². The predicted molar refractivity (Wildman–Crippen MR) is 161 cm³/mol. The Bertz CT molecular complexity index is 1740. The van der Waals surface area contributed by atoms with E-state index in [1.165, 1.54) is 6.07 Å². The van der Waals surface area contributed by atoms with Gasteiger partial charge in [-0.2, -0.15) is 8.78 Å². The third-order valence-electron chi connectivity index (χ3n) is 6.54. The normalized spacial score (nSPS) is 12.0. The van der Waals surface area contributed by atoms with Gasteiger partial charge in [-0.3, -0.25) is 0 Å². The zero-order valence-corrected chi connectivity index (χ0v) is 22.3. The summed E-state index contributed by atoms with van der Waals surface area (Å²) in [5.74, 6) is -3.52. The maximum atomic E-state index is 13.6. The van der Waals surface area contributed by atoms with E-state index in [4.69, 9.17) is 0 Å². The summed E-state index contributed by atoms with van der Waals surface area (Å²) in [7, 11) is -4.81. The lowest BCUT2D eigenvalue weighted by molar-refractivity contribution is 0.234. The maximum Gasteiger partial charge on any atom is 0.341 e. The quantitative estimate of drug-likeness (QED) is 0.181. The van der Waals surface area contributed by atoms with Gasteiger partial charge in [0.25, 0.3) is 0 Å². The molecule has 0 spiro atoms. The highest BCUT2D eigenvalue weighted by atomic mass is 32.2. The lowest BCUT2D eigenvalue weighted by Crippen LogP contribution is -2.13. The molecule has 2 nitrogen and oxygen atoms in total. The highest BCUT2D eigenvalue weighted by Gasteiger charge is 2.28. The van der Waals surface area contributed by atoms with Gasteiger partial charge in [-0.15, -0.1) is 0 Å². The highest BCUT2D eigenvalue weighted by molar-refractivity contribution is 7.91. The SMILES string of the molecule is O=S(=O)(c1cc(C=Cc2ccc(-c3ccccc3)cc2)ccc1C=Cc1ccc(-c2ccccc2)cc1)C(F)F. The summed E-state index contributed by atoms with van der Waals surface area (Å²) < 4.78 is 52.3. The van der Waals surface area contributed by atoms with Crippen molar-refractivity contribution in [1.29, 1.82) is 0 Å². The first-order valence-electron chi connectivity index (χ1n) is 12.7. The molecule has 0 saturated heterocycles. The van der Waals surface area contributed by atoms with Crippen LogP contribution < -0.4 is 0 Å². The molecule has 0 unspecified atom stereocenters. The van der Waals surface area contributed by atoms with Crippen molar-refractivity contribution in [3.05, 3.63) is 150 Å². The zero-order chi connectivity index (χ0) is 28.0. The van der Waals surface area contributed by atoms with Gasteiger partial charge in [0.15, 0.2) is 0 Å². The van der Waals surface area contributed by atoms with Crippen molar-refractivity contribution in [2.75, 3.05) is 0 Å². The molecular formula is C35H26F2O2S. The van der Waals surface area contributed by atoms with Crippen LogP contribution in [0, 0.1) is 0 Å². The molecule has 0 aromatic heterocycles. The van der Waals surface area contributed by atoms with Gasteiger partial charge in [-0.1, -0.05) is 146 Å². The molecule has 0 aliphatic rings. The molecule has 5 rings (SSSR count). The topological polar surface area (TPSA) is 34.1 Å². The molecule has 0 bridgehead atoms. The first-order chi connectivity index (χ1) is 19.4. The number of alkyl halides is 2. The summed E-state index contributed by atoms with van der Waals surface area (Å²) in [5, 5.41) is 0. The lowest BCUT2D eigenvalue weighted by Gasteiger charge is -2.09. The average Bonchev–Trinajstić information content (AvgIpc) is 3.00. The molecule has 0 saturated carbocycles. The van der Waals surface area contributed by atoms with E-state index in [2.05, 4.69) is 0 Å². The van der Waals surface area contributed by atoms with Gasteiger partial charge in [-0.25, -0.2) is 8.42 Å². The van der Waals surface area contributed by atoms with Crippen LogP contribution in [-0.4, -0.2) is 14.2 Å². The van der Waals surface area contributed by atoms with Crippen LogP contribution in [0.25, 0.3) is 46.6 Å². The number of sulfone groups is 1. The summed E-state index contributed by atoms with van der Waals surface area (Å²) in [6.45, 7) is 0.